The molecule has 7 nitrogen and oxygen atoms in total. The van der Waals surface area contributed by atoms with Crippen molar-refractivity contribution in [1.82, 2.24) is 9.55 Å². The third-order valence-corrected chi connectivity index (χ3v) is 6.72. The number of anilines is 1. The normalized spacial score (nSPS) is 18.2. The highest BCUT2D eigenvalue weighted by Gasteiger charge is 2.29. The van der Waals surface area contributed by atoms with Crippen LogP contribution in [0, 0.1) is 6.92 Å². The van der Waals surface area contributed by atoms with Crippen LogP contribution in [0.4, 0.5) is 5.82 Å². The highest BCUT2D eigenvalue weighted by atomic mass is 32.2. The number of ether oxygens (including phenoxy) is 2. The van der Waals surface area contributed by atoms with E-state index >= 15 is 0 Å². The molecule has 3 aromatic rings. The van der Waals surface area contributed by atoms with E-state index in [1.165, 1.54) is 0 Å². The molecule has 0 saturated heterocycles. The first-order valence-electron chi connectivity index (χ1n) is 10.4. The van der Waals surface area contributed by atoms with E-state index < -0.39 is 0 Å². The van der Waals surface area contributed by atoms with Crippen LogP contribution in [-0.2, 0) is 20.8 Å². The highest BCUT2D eigenvalue weighted by Crippen LogP contribution is 2.31. The average Bonchev–Trinajstić information content (AvgIpc) is 2.73. The number of aryl methyl sites for hydroxylation is 1. The van der Waals surface area contributed by atoms with Crippen LogP contribution in [-0.4, -0.2) is 47.6 Å². The van der Waals surface area contributed by atoms with Gasteiger partial charge in [0.15, 0.2) is 5.43 Å². The third kappa shape index (κ3) is 4.02. The number of pyridine rings is 2. The molecule has 0 radical (unpaired) electrons. The lowest BCUT2D eigenvalue weighted by atomic mass is 9.89. The number of rotatable bonds is 7. The van der Waals surface area contributed by atoms with Crippen LogP contribution in [0.3, 0.4) is 0 Å². The second kappa shape index (κ2) is 8.88. The smallest absolute Gasteiger partial charge is 0.326 e. The maximum absolute atomic E-state index is 13.3. The van der Waals surface area contributed by atoms with Gasteiger partial charge in [0.2, 0.25) is 0 Å². The highest BCUT2D eigenvalue weighted by molar-refractivity contribution is 7.98. The van der Waals surface area contributed by atoms with Crippen molar-refractivity contribution in [3.63, 3.8) is 0 Å². The summed E-state index contributed by atoms with van der Waals surface area (Å²) in [6, 6.07) is 7.68. The quantitative estimate of drug-likeness (QED) is 0.340. The van der Waals surface area contributed by atoms with Crippen molar-refractivity contribution in [1.29, 1.82) is 0 Å². The molecule has 4 rings (SSSR count). The lowest BCUT2D eigenvalue weighted by Crippen LogP contribution is -2.40. The summed E-state index contributed by atoms with van der Waals surface area (Å²) >= 11 is 1.56. The second-order valence-corrected chi connectivity index (χ2v) is 8.59. The molecule has 1 aromatic carbocycles. The lowest BCUT2D eigenvalue weighted by Gasteiger charge is -2.35. The molecule has 2 heterocycles. The summed E-state index contributed by atoms with van der Waals surface area (Å²) in [7, 11) is 1.72. The minimum Gasteiger partial charge on any atom is -0.465 e. The molecule has 0 unspecified atom stereocenters. The standard InChI is InChI=1S/C23H27N3O4S/c1-5-30-19(27)12-26-20-16(7-6-13(2)22(20)31-4)21(28)17-8-9-18(25-23(17)26)24-14-10-15(11-14)29-3/h6-9,14-15H,5,10-12H2,1-4H3,(H,24,25). The van der Waals surface area contributed by atoms with Crippen LogP contribution in [0.15, 0.2) is 34.0 Å². The summed E-state index contributed by atoms with van der Waals surface area (Å²) in [6.07, 6.45) is 4.08. The van der Waals surface area contributed by atoms with Gasteiger partial charge in [-0.2, -0.15) is 0 Å². The molecule has 1 N–H and O–H groups in total. The maximum atomic E-state index is 13.3. The number of nitrogens with zero attached hydrogens (tertiary/aromatic N) is 2. The molecule has 0 amide bonds. The molecule has 0 atom stereocenters. The van der Waals surface area contributed by atoms with Crippen LogP contribution >= 0.6 is 11.8 Å². The predicted molar refractivity (Wildman–Crippen MR) is 124 cm³/mol. The molecule has 0 bridgehead atoms. The fourth-order valence-electron chi connectivity index (χ4n) is 4.12. The molecule has 2 aromatic heterocycles. The van der Waals surface area contributed by atoms with E-state index in [9.17, 15) is 9.59 Å². The Morgan fingerprint density at radius 1 is 1.26 bits per heavy atom. The van der Waals surface area contributed by atoms with Gasteiger partial charge in [-0.05, 0) is 56.7 Å². The molecule has 0 spiro atoms. The summed E-state index contributed by atoms with van der Waals surface area (Å²) in [5, 5.41) is 4.49. The molecule has 1 aliphatic rings. The molecular weight excluding hydrogens is 414 g/mol. The number of benzene rings is 1. The fraction of sp³-hybridized carbons (Fsp3) is 0.435. The van der Waals surface area contributed by atoms with Crippen molar-refractivity contribution >= 4 is 45.5 Å². The number of hydrogen-bond donors (Lipinski definition) is 1. The lowest BCUT2D eigenvalue weighted by molar-refractivity contribution is -0.143. The van der Waals surface area contributed by atoms with Crippen molar-refractivity contribution in [2.75, 3.05) is 25.3 Å². The van der Waals surface area contributed by atoms with E-state index in [-0.39, 0.29) is 30.1 Å². The fourth-order valence-corrected chi connectivity index (χ4v) is 4.92. The number of carbonyl (C=O) groups excluding carboxylic acids is 1. The van der Waals surface area contributed by atoms with E-state index in [1.54, 1.807) is 31.9 Å². The van der Waals surface area contributed by atoms with Crippen molar-refractivity contribution in [2.45, 2.75) is 50.3 Å². The number of hydrogen-bond acceptors (Lipinski definition) is 7. The van der Waals surface area contributed by atoms with Crippen LogP contribution in [0.1, 0.15) is 25.3 Å². The van der Waals surface area contributed by atoms with Crippen molar-refractivity contribution in [3.8, 4) is 0 Å². The number of carbonyl (C=O) groups is 1. The Hall–Kier alpha value is -2.58. The number of esters is 1. The van der Waals surface area contributed by atoms with Crippen LogP contribution < -0.4 is 10.7 Å². The van der Waals surface area contributed by atoms with Gasteiger partial charge in [-0.3, -0.25) is 9.59 Å². The number of aromatic nitrogens is 2. The van der Waals surface area contributed by atoms with Gasteiger partial charge in [0.25, 0.3) is 0 Å². The molecule has 1 saturated carbocycles. The Bertz CT molecular complexity index is 1200. The molecule has 31 heavy (non-hydrogen) atoms. The Morgan fingerprint density at radius 2 is 2.00 bits per heavy atom. The Kier molecular flexibility index (Phi) is 6.20. The Balaban J connectivity index is 1.91. The van der Waals surface area contributed by atoms with E-state index in [0.717, 1.165) is 28.8 Å². The van der Waals surface area contributed by atoms with Gasteiger partial charge in [0.1, 0.15) is 18.0 Å². The monoisotopic (exact) mass is 441 g/mol. The first kappa shape index (κ1) is 21.6. The minimum atomic E-state index is -0.357. The molecule has 1 fully saturated rings. The summed E-state index contributed by atoms with van der Waals surface area (Å²) in [4.78, 5) is 31.5. The maximum Gasteiger partial charge on any atom is 0.326 e. The van der Waals surface area contributed by atoms with Gasteiger partial charge in [-0.25, -0.2) is 4.98 Å². The van der Waals surface area contributed by atoms with Gasteiger partial charge < -0.3 is 19.4 Å². The molecular formula is C23H27N3O4S. The molecule has 164 valence electrons. The largest absolute Gasteiger partial charge is 0.465 e. The van der Waals surface area contributed by atoms with E-state index in [1.807, 2.05) is 35.9 Å². The zero-order chi connectivity index (χ0) is 22.1. The van der Waals surface area contributed by atoms with E-state index in [2.05, 4.69) is 5.32 Å². The summed E-state index contributed by atoms with van der Waals surface area (Å²) in [5.41, 5.74) is 2.18. The van der Waals surface area contributed by atoms with Crippen molar-refractivity contribution < 1.29 is 14.3 Å². The van der Waals surface area contributed by atoms with Crippen LogP contribution in [0.25, 0.3) is 21.9 Å². The first-order chi connectivity index (χ1) is 15.0. The average molecular weight is 442 g/mol. The number of methoxy groups -OCH3 is 1. The molecule has 0 aliphatic heterocycles. The minimum absolute atomic E-state index is 0.0102. The predicted octanol–water partition coefficient (Wildman–Crippen LogP) is 3.73. The molecule has 1 aliphatic carbocycles. The topological polar surface area (TPSA) is 82.5 Å². The third-order valence-electron chi connectivity index (χ3n) is 5.80. The van der Waals surface area contributed by atoms with Crippen molar-refractivity contribution in [3.05, 3.63) is 40.1 Å². The summed E-state index contributed by atoms with van der Waals surface area (Å²) in [6.45, 7) is 4.07. The van der Waals surface area contributed by atoms with Gasteiger partial charge in [0, 0.05) is 23.4 Å². The van der Waals surface area contributed by atoms with Gasteiger partial charge >= 0.3 is 5.97 Å². The zero-order valence-electron chi connectivity index (χ0n) is 18.2. The second-order valence-electron chi connectivity index (χ2n) is 7.77. The number of thioether (sulfide) groups is 1. The number of nitrogens with one attached hydrogen (secondary N) is 1. The summed E-state index contributed by atoms with van der Waals surface area (Å²) in [5.74, 6) is 0.325. The zero-order valence-corrected chi connectivity index (χ0v) is 19.0. The molecule has 8 heteroatoms. The summed E-state index contributed by atoms with van der Waals surface area (Å²) < 4.78 is 12.4. The van der Waals surface area contributed by atoms with E-state index in [4.69, 9.17) is 14.5 Å². The van der Waals surface area contributed by atoms with Crippen LogP contribution in [0.2, 0.25) is 0 Å². The van der Waals surface area contributed by atoms with Gasteiger partial charge in [0.05, 0.1) is 23.6 Å². The SMILES string of the molecule is CCOC(=O)Cn1c2nc(NC3CC(OC)C3)ccc2c(=O)c2ccc(C)c(SC)c21. The Labute approximate surface area is 185 Å². The first-order valence-corrected chi connectivity index (χ1v) is 11.6. The van der Waals surface area contributed by atoms with Gasteiger partial charge in [-0.1, -0.05) is 6.07 Å². The van der Waals surface area contributed by atoms with Crippen molar-refractivity contribution in [2.24, 2.45) is 0 Å². The number of fused-ring (bicyclic) bond motifs is 2. The van der Waals surface area contributed by atoms with Gasteiger partial charge in [-0.15, -0.1) is 11.8 Å². The Morgan fingerprint density at radius 3 is 2.68 bits per heavy atom. The van der Waals surface area contributed by atoms with Crippen LogP contribution in [0.5, 0.6) is 0 Å². The van der Waals surface area contributed by atoms with E-state index in [0.29, 0.717) is 28.8 Å².